The number of benzene rings is 1. The number of fused-ring (bicyclic) bond motifs is 2. The van der Waals surface area contributed by atoms with E-state index in [-0.39, 0.29) is 16.8 Å². The average molecular weight is 351 g/mol. The fourth-order valence-electron chi connectivity index (χ4n) is 2.73. The van der Waals surface area contributed by atoms with E-state index in [1.54, 1.807) is 0 Å². The van der Waals surface area contributed by atoms with Gasteiger partial charge in [-0.3, -0.25) is 9.89 Å². The van der Waals surface area contributed by atoms with Gasteiger partial charge in [0.15, 0.2) is 11.3 Å². The highest BCUT2D eigenvalue weighted by molar-refractivity contribution is 6.04. The average Bonchev–Trinajstić information content (AvgIpc) is 3.18. The van der Waals surface area contributed by atoms with Crippen molar-refractivity contribution < 1.29 is 22.4 Å². The van der Waals surface area contributed by atoms with E-state index in [1.807, 2.05) is 0 Å². The first-order valence-corrected chi connectivity index (χ1v) is 7.48. The van der Waals surface area contributed by atoms with Crippen LogP contribution in [0.3, 0.4) is 0 Å². The molecule has 3 heterocycles. The number of hydrogen-bond donors (Lipinski definition) is 3. The number of nitrogens with zero attached hydrogens (tertiary/aromatic N) is 2. The van der Waals surface area contributed by atoms with E-state index in [0.717, 1.165) is 24.2 Å². The summed E-state index contributed by atoms with van der Waals surface area (Å²) in [6, 6.07) is 4.10. The van der Waals surface area contributed by atoms with E-state index < -0.39 is 18.0 Å². The van der Waals surface area contributed by atoms with Gasteiger partial charge in [-0.1, -0.05) is 0 Å². The van der Waals surface area contributed by atoms with E-state index in [0.29, 0.717) is 12.2 Å². The lowest BCUT2D eigenvalue weighted by Gasteiger charge is -2.12. The Morgan fingerprint density at radius 1 is 1.32 bits per heavy atom. The zero-order valence-electron chi connectivity index (χ0n) is 12.7. The minimum Gasteiger partial charge on any atom is -0.433 e. The van der Waals surface area contributed by atoms with Gasteiger partial charge < -0.3 is 15.1 Å². The normalized spacial score (nSPS) is 14.5. The second kappa shape index (κ2) is 5.59. The highest BCUT2D eigenvalue weighted by Gasteiger charge is 2.37. The number of aromatic nitrogens is 3. The predicted molar refractivity (Wildman–Crippen MR) is 81.0 cm³/mol. The fourth-order valence-corrected chi connectivity index (χ4v) is 2.73. The van der Waals surface area contributed by atoms with Crippen molar-refractivity contribution in [3.63, 3.8) is 0 Å². The van der Waals surface area contributed by atoms with E-state index in [9.17, 15) is 18.0 Å². The summed E-state index contributed by atoms with van der Waals surface area (Å²) in [6.07, 6.45) is -3.91. The number of nitrogens with one attached hydrogen (secondary N) is 3. The third-order valence-corrected chi connectivity index (χ3v) is 3.91. The second-order valence-electron chi connectivity index (χ2n) is 5.61. The number of aromatic amines is 1. The van der Waals surface area contributed by atoms with Crippen LogP contribution in [0.25, 0.3) is 11.1 Å². The Labute approximate surface area is 138 Å². The number of carbonyl (C=O) groups excluding carboxylic acids is 1. The van der Waals surface area contributed by atoms with Crippen LogP contribution in [-0.2, 0) is 19.1 Å². The zero-order valence-corrected chi connectivity index (χ0v) is 12.7. The van der Waals surface area contributed by atoms with Gasteiger partial charge >= 0.3 is 12.1 Å². The van der Waals surface area contributed by atoms with E-state index >= 15 is 0 Å². The molecule has 0 saturated heterocycles. The van der Waals surface area contributed by atoms with Crippen LogP contribution in [-0.4, -0.2) is 27.6 Å². The van der Waals surface area contributed by atoms with Crippen molar-refractivity contribution in [1.82, 2.24) is 20.5 Å². The number of carbonyl (C=O) groups is 1. The molecule has 2 aromatic heterocycles. The first kappa shape index (κ1) is 15.6. The molecular formula is C15H12F3N5O2. The van der Waals surface area contributed by atoms with Crippen LogP contribution in [0.5, 0.6) is 0 Å². The molecule has 130 valence electrons. The van der Waals surface area contributed by atoms with Gasteiger partial charge in [0.05, 0.1) is 0 Å². The molecule has 0 saturated carbocycles. The summed E-state index contributed by atoms with van der Waals surface area (Å²) >= 11 is 0. The molecule has 0 atom stereocenters. The summed E-state index contributed by atoms with van der Waals surface area (Å²) in [4.78, 5) is 15.8. The quantitative estimate of drug-likeness (QED) is 0.659. The van der Waals surface area contributed by atoms with E-state index in [1.165, 1.54) is 18.2 Å². The molecule has 1 aromatic carbocycles. The molecule has 0 aliphatic carbocycles. The van der Waals surface area contributed by atoms with Crippen LogP contribution in [0.4, 0.5) is 18.9 Å². The lowest BCUT2D eigenvalue weighted by Crippen LogP contribution is -2.25. The monoisotopic (exact) mass is 351 g/mol. The molecule has 7 nitrogen and oxygen atoms in total. The predicted octanol–water partition coefficient (Wildman–Crippen LogP) is 2.47. The minimum absolute atomic E-state index is 0.00771. The summed E-state index contributed by atoms with van der Waals surface area (Å²) in [5.74, 6) is -1.77. The van der Waals surface area contributed by atoms with Crippen molar-refractivity contribution in [1.29, 1.82) is 0 Å². The number of H-pyrrole nitrogens is 1. The summed E-state index contributed by atoms with van der Waals surface area (Å²) in [5, 5.41) is 12.7. The van der Waals surface area contributed by atoms with Gasteiger partial charge in [-0.2, -0.15) is 18.3 Å². The molecule has 25 heavy (non-hydrogen) atoms. The third kappa shape index (κ3) is 2.84. The molecule has 10 heteroatoms. The molecule has 3 aromatic rings. The van der Waals surface area contributed by atoms with Gasteiger partial charge in [0.1, 0.15) is 5.52 Å². The van der Waals surface area contributed by atoms with Gasteiger partial charge in [-0.15, -0.1) is 0 Å². The van der Waals surface area contributed by atoms with Crippen LogP contribution >= 0.6 is 0 Å². The first-order chi connectivity index (χ1) is 11.9. The van der Waals surface area contributed by atoms with Crippen molar-refractivity contribution in [2.45, 2.75) is 19.1 Å². The van der Waals surface area contributed by atoms with Gasteiger partial charge in [-0.05, 0) is 18.2 Å². The van der Waals surface area contributed by atoms with Crippen molar-refractivity contribution in [2.75, 3.05) is 11.9 Å². The molecule has 4 rings (SSSR count). The highest BCUT2D eigenvalue weighted by atomic mass is 19.4. The number of hydrogen-bond acceptors (Lipinski definition) is 5. The Hall–Kier alpha value is -2.88. The zero-order chi connectivity index (χ0) is 17.6. The maximum Gasteiger partial charge on any atom is 0.468 e. The number of alkyl halides is 3. The molecule has 0 spiro atoms. The van der Waals surface area contributed by atoms with Crippen LogP contribution in [0, 0.1) is 0 Å². The lowest BCUT2D eigenvalue weighted by atomic mass is 10.1. The third-order valence-electron chi connectivity index (χ3n) is 3.91. The summed E-state index contributed by atoms with van der Waals surface area (Å²) in [7, 11) is 0. The highest BCUT2D eigenvalue weighted by Crippen LogP contribution is 2.32. The van der Waals surface area contributed by atoms with Gasteiger partial charge in [0, 0.05) is 36.5 Å². The molecule has 0 unspecified atom stereocenters. The summed E-state index contributed by atoms with van der Waals surface area (Å²) in [6.45, 7) is 1.34. The largest absolute Gasteiger partial charge is 0.468 e. The maximum absolute atomic E-state index is 12.6. The summed E-state index contributed by atoms with van der Waals surface area (Å²) in [5.41, 5.74) is 2.28. The standard InChI is InChI=1S/C15H12F3N5O2/c16-15(17,18)14-21-10-5-7(1-2-11(10)25-14)20-13(24)12-8-6-19-4-3-9(8)22-23-12/h1-2,5,19H,3-4,6H2,(H,20,24)(H,22,23). The maximum atomic E-state index is 12.6. The number of halogens is 3. The van der Waals surface area contributed by atoms with Crippen molar-refractivity contribution in [2.24, 2.45) is 0 Å². The van der Waals surface area contributed by atoms with Gasteiger partial charge in [-0.25, -0.2) is 4.98 Å². The Balaban J connectivity index is 1.60. The molecular weight excluding hydrogens is 339 g/mol. The van der Waals surface area contributed by atoms with Gasteiger partial charge in [0.25, 0.3) is 5.91 Å². The molecule has 0 fully saturated rings. The Morgan fingerprint density at radius 3 is 2.96 bits per heavy atom. The topological polar surface area (TPSA) is 95.8 Å². The first-order valence-electron chi connectivity index (χ1n) is 7.48. The number of anilines is 1. The molecule has 1 aliphatic rings. The second-order valence-corrected chi connectivity index (χ2v) is 5.61. The van der Waals surface area contributed by atoms with Crippen molar-refractivity contribution in [3.8, 4) is 0 Å². The SMILES string of the molecule is O=C(Nc1ccc2oc(C(F)(F)F)nc2c1)c1n[nH]c2c1CNCC2. The van der Waals surface area contributed by atoms with Crippen LogP contribution in [0.2, 0.25) is 0 Å². The molecule has 0 bridgehead atoms. The summed E-state index contributed by atoms with van der Waals surface area (Å²) < 4.78 is 42.6. The Morgan fingerprint density at radius 2 is 2.16 bits per heavy atom. The number of rotatable bonds is 2. The number of amides is 1. The Kier molecular flexibility index (Phi) is 3.49. The molecule has 3 N–H and O–H groups in total. The number of oxazole rings is 1. The van der Waals surface area contributed by atoms with Crippen LogP contribution in [0.1, 0.15) is 27.6 Å². The molecule has 0 radical (unpaired) electrons. The minimum atomic E-state index is -4.66. The van der Waals surface area contributed by atoms with E-state index in [2.05, 4.69) is 30.2 Å². The fraction of sp³-hybridized carbons (Fsp3) is 0.267. The van der Waals surface area contributed by atoms with Crippen molar-refractivity contribution >= 4 is 22.7 Å². The van der Waals surface area contributed by atoms with E-state index in [4.69, 9.17) is 0 Å². The van der Waals surface area contributed by atoms with Gasteiger partial charge in [0.2, 0.25) is 0 Å². The molecule has 1 aliphatic heterocycles. The Bertz CT molecular complexity index is 960. The smallest absolute Gasteiger partial charge is 0.433 e. The lowest BCUT2D eigenvalue weighted by molar-refractivity contribution is -0.156. The van der Waals surface area contributed by atoms with Crippen LogP contribution in [0.15, 0.2) is 22.6 Å². The van der Waals surface area contributed by atoms with Crippen LogP contribution < -0.4 is 10.6 Å². The van der Waals surface area contributed by atoms with Crippen molar-refractivity contribution in [3.05, 3.63) is 41.0 Å². The molecule has 1 amide bonds.